The molecule has 2 N–H and O–H groups in total. The molecular weight excluding hydrogens is 311 g/mol. The molecule has 1 saturated carbocycles. The molecule has 0 aliphatic heterocycles. The van der Waals surface area contributed by atoms with Crippen LogP contribution < -0.4 is 5.32 Å². The molecular formula is C13H11ClF3NO3. The van der Waals surface area contributed by atoms with E-state index in [-0.39, 0.29) is 23.6 Å². The van der Waals surface area contributed by atoms with Gasteiger partial charge in [-0.25, -0.2) is 0 Å². The van der Waals surface area contributed by atoms with Crippen molar-refractivity contribution in [3.05, 3.63) is 28.8 Å². The highest BCUT2D eigenvalue weighted by atomic mass is 35.5. The second-order valence-corrected chi connectivity index (χ2v) is 5.29. The second kappa shape index (κ2) is 5.22. The van der Waals surface area contributed by atoms with Crippen molar-refractivity contribution in [3.63, 3.8) is 0 Å². The zero-order chi connectivity index (χ0) is 15.8. The standard InChI is InChI=1S/C13H11ClF3NO3/c14-8-6-7(13(15,16)17)2-3-9(8)18-10(19)12(11(20)21)4-1-5-12/h2-3,6H,1,4-5H2,(H,18,19)(H,20,21). The first-order valence-electron chi connectivity index (χ1n) is 6.08. The molecule has 0 atom stereocenters. The van der Waals surface area contributed by atoms with Crippen LogP contribution in [0, 0.1) is 5.41 Å². The number of hydrogen-bond donors (Lipinski definition) is 2. The van der Waals surface area contributed by atoms with Gasteiger partial charge in [-0.3, -0.25) is 9.59 Å². The molecule has 1 fully saturated rings. The maximum Gasteiger partial charge on any atom is 0.416 e. The van der Waals surface area contributed by atoms with Gasteiger partial charge in [0, 0.05) is 0 Å². The van der Waals surface area contributed by atoms with Crippen molar-refractivity contribution in [3.8, 4) is 0 Å². The number of anilines is 1. The number of rotatable bonds is 3. The third-order valence-electron chi connectivity index (χ3n) is 3.60. The van der Waals surface area contributed by atoms with Crippen LogP contribution in [0.25, 0.3) is 0 Å². The van der Waals surface area contributed by atoms with E-state index in [1.54, 1.807) is 0 Å². The van der Waals surface area contributed by atoms with Gasteiger partial charge in [0.25, 0.3) is 0 Å². The highest BCUT2D eigenvalue weighted by Gasteiger charge is 2.51. The molecule has 0 unspecified atom stereocenters. The van der Waals surface area contributed by atoms with Crippen LogP contribution in [-0.4, -0.2) is 17.0 Å². The molecule has 1 aliphatic carbocycles. The van der Waals surface area contributed by atoms with Crippen LogP contribution in [0.1, 0.15) is 24.8 Å². The smallest absolute Gasteiger partial charge is 0.416 e. The fourth-order valence-electron chi connectivity index (χ4n) is 2.10. The monoisotopic (exact) mass is 321 g/mol. The van der Waals surface area contributed by atoms with Gasteiger partial charge in [0.1, 0.15) is 5.41 Å². The Hall–Kier alpha value is -1.76. The van der Waals surface area contributed by atoms with E-state index in [1.165, 1.54) is 0 Å². The minimum Gasteiger partial charge on any atom is -0.480 e. The Morgan fingerprint density at radius 1 is 1.29 bits per heavy atom. The van der Waals surface area contributed by atoms with Gasteiger partial charge in [-0.2, -0.15) is 13.2 Å². The molecule has 1 amide bonds. The maximum absolute atomic E-state index is 12.5. The third-order valence-corrected chi connectivity index (χ3v) is 3.91. The van der Waals surface area contributed by atoms with Gasteiger partial charge >= 0.3 is 12.1 Å². The molecule has 0 heterocycles. The fraction of sp³-hybridized carbons (Fsp3) is 0.385. The summed E-state index contributed by atoms with van der Waals surface area (Å²) < 4.78 is 37.5. The maximum atomic E-state index is 12.5. The summed E-state index contributed by atoms with van der Waals surface area (Å²) in [4.78, 5) is 23.2. The number of benzene rings is 1. The largest absolute Gasteiger partial charge is 0.480 e. The molecule has 0 saturated heterocycles. The van der Waals surface area contributed by atoms with Crippen LogP contribution in [0.4, 0.5) is 18.9 Å². The van der Waals surface area contributed by atoms with Gasteiger partial charge in [-0.15, -0.1) is 0 Å². The van der Waals surface area contributed by atoms with Crippen molar-refractivity contribution in [2.24, 2.45) is 5.41 Å². The number of nitrogens with one attached hydrogen (secondary N) is 1. The zero-order valence-corrected chi connectivity index (χ0v) is 11.4. The first-order valence-corrected chi connectivity index (χ1v) is 6.46. The average Bonchev–Trinajstić information content (AvgIpc) is 2.28. The van der Waals surface area contributed by atoms with Gasteiger partial charge in [0.15, 0.2) is 0 Å². The molecule has 0 radical (unpaired) electrons. The summed E-state index contributed by atoms with van der Waals surface area (Å²) in [6, 6.07) is 2.47. The minimum atomic E-state index is -4.54. The Morgan fingerprint density at radius 3 is 2.29 bits per heavy atom. The van der Waals surface area contributed by atoms with E-state index in [4.69, 9.17) is 16.7 Å². The Morgan fingerprint density at radius 2 is 1.90 bits per heavy atom. The highest BCUT2D eigenvalue weighted by molar-refractivity contribution is 6.34. The van der Waals surface area contributed by atoms with E-state index in [1.807, 2.05) is 0 Å². The lowest BCUT2D eigenvalue weighted by Gasteiger charge is -2.35. The Bertz CT molecular complexity index is 597. The topological polar surface area (TPSA) is 66.4 Å². The van der Waals surface area contributed by atoms with Crippen LogP contribution in [0.15, 0.2) is 18.2 Å². The first-order chi connectivity index (χ1) is 9.67. The molecule has 8 heteroatoms. The molecule has 4 nitrogen and oxygen atoms in total. The van der Waals surface area contributed by atoms with Crippen molar-refractivity contribution < 1.29 is 27.9 Å². The number of halogens is 4. The average molecular weight is 322 g/mol. The number of amides is 1. The minimum absolute atomic E-state index is 0.0396. The van der Waals surface area contributed by atoms with Crippen LogP contribution in [0.3, 0.4) is 0 Å². The van der Waals surface area contributed by atoms with Crippen molar-refractivity contribution >= 4 is 29.2 Å². The number of carbonyl (C=O) groups excluding carboxylic acids is 1. The second-order valence-electron chi connectivity index (χ2n) is 4.89. The van der Waals surface area contributed by atoms with E-state index >= 15 is 0 Å². The van der Waals surface area contributed by atoms with E-state index in [0.717, 1.165) is 12.1 Å². The van der Waals surface area contributed by atoms with E-state index in [0.29, 0.717) is 12.5 Å². The van der Waals surface area contributed by atoms with Crippen molar-refractivity contribution in [1.29, 1.82) is 0 Å². The van der Waals surface area contributed by atoms with Gasteiger partial charge in [0.05, 0.1) is 16.3 Å². The molecule has 1 aliphatic rings. The number of carboxylic acid groups (broad SMARTS) is 1. The molecule has 0 aromatic heterocycles. The van der Waals surface area contributed by atoms with Gasteiger partial charge in [0.2, 0.25) is 5.91 Å². The van der Waals surface area contributed by atoms with E-state index in [2.05, 4.69) is 5.32 Å². The lowest BCUT2D eigenvalue weighted by atomic mass is 9.68. The SMILES string of the molecule is O=C(O)C1(C(=O)Nc2ccc(C(F)(F)F)cc2Cl)CCC1. The molecule has 21 heavy (non-hydrogen) atoms. The zero-order valence-electron chi connectivity index (χ0n) is 10.6. The van der Waals surface area contributed by atoms with Crippen LogP contribution in [0.5, 0.6) is 0 Å². The van der Waals surface area contributed by atoms with Crippen molar-refractivity contribution in [1.82, 2.24) is 0 Å². The van der Waals surface area contributed by atoms with Crippen molar-refractivity contribution in [2.75, 3.05) is 5.32 Å². The molecule has 1 aromatic rings. The van der Waals surface area contributed by atoms with E-state index < -0.39 is 29.0 Å². The highest BCUT2D eigenvalue weighted by Crippen LogP contribution is 2.43. The Balaban J connectivity index is 2.21. The molecule has 114 valence electrons. The number of carbonyl (C=O) groups is 2. The Labute approximate surface area is 122 Å². The number of alkyl halides is 3. The van der Waals surface area contributed by atoms with Crippen LogP contribution >= 0.6 is 11.6 Å². The summed E-state index contributed by atoms with van der Waals surface area (Å²) in [6.07, 6.45) is -3.53. The lowest BCUT2D eigenvalue weighted by molar-refractivity contribution is -0.159. The number of aliphatic carboxylic acids is 1. The molecule has 1 aromatic carbocycles. The predicted octanol–water partition coefficient (Wildman–Crippen LogP) is 3.55. The summed E-state index contributed by atoms with van der Waals surface area (Å²) >= 11 is 5.71. The van der Waals surface area contributed by atoms with Crippen LogP contribution in [-0.2, 0) is 15.8 Å². The lowest BCUT2D eigenvalue weighted by Crippen LogP contribution is -2.48. The Kier molecular flexibility index (Phi) is 3.88. The van der Waals surface area contributed by atoms with Crippen LogP contribution in [0.2, 0.25) is 5.02 Å². The molecule has 2 rings (SSSR count). The summed E-state index contributed by atoms with van der Waals surface area (Å²) in [7, 11) is 0. The number of carboxylic acids is 1. The van der Waals surface area contributed by atoms with Gasteiger partial charge in [-0.05, 0) is 31.0 Å². The predicted molar refractivity (Wildman–Crippen MR) is 69.0 cm³/mol. The quantitative estimate of drug-likeness (QED) is 0.837. The molecule has 0 spiro atoms. The first kappa shape index (κ1) is 15.6. The molecule has 0 bridgehead atoms. The summed E-state index contributed by atoms with van der Waals surface area (Å²) in [5.41, 5.74) is -2.49. The third kappa shape index (κ3) is 2.83. The summed E-state index contributed by atoms with van der Waals surface area (Å²) in [6.45, 7) is 0. The van der Waals surface area contributed by atoms with Gasteiger partial charge < -0.3 is 10.4 Å². The summed E-state index contributed by atoms with van der Waals surface area (Å²) in [5.74, 6) is -2.00. The fourth-order valence-corrected chi connectivity index (χ4v) is 2.33. The van der Waals surface area contributed by atoms with E-state index in [9.17, 15) is 22.8 Å². The van der Waals surface area contributed by atoms with Gasteiger partial charge in [-0.1, -0.05) is 18.0 Å². The normalized spacial score (nSPS) is 17.0. The summed E-state index contributed by atoms with van der Waals surface area (Å²) in [5, 5.41) is 11.1. The number of hydrogen-bond acceptors (Lipinski definition) is 2. The van der Waals surface area contributed by atoms with Crippen molar-refractivity contribution in [2.45, 2.75) is 25.4 Å².